The van der Waals surface area contributed by atoms with Crippen LogP contribution in [0.25, 0.3) is 5.65 Å². The molecule has 0 radical (unpaired) electrons. The maximum absolute atomic E-state index is 14.3. The van der Waals surface area contributed by atoms with Crippen molar-refractivity contribution in [1.82, 2.24) is 34.6 Å². The summed E-state index contributed by atoms with van der Waals surface area (Å²) in [6.07, 6.45) is 7.41. The maximum Gasteiger partial charge on any atom is 0.284 e. The number of halogens is 3. The summed E-state index contributed by atoms with van der Waals surface area (Å²) in [6.45, 7) is 4.56. The van der Waals surface area contributed by atoms with Crippen LogP contribution in [0.4, 0.5) is 30.4 Å². The van der Waals surface area contributed by atoms with Gasteiger partial charge in [-0.05, 0) is 100 Å². The standard InChI is InChI=1S/C41H52F3N11O3/c1-51(31-4-2-3-27(17-31)32-9-10-36(56)49-40(32)57)20-26-11-14-52(15-12-26)21-25-5-7-30(8-6-25)55-24-34(37(50-55)38(43)44)47-41(58)33-19-46-54-16-13-35(48-39(33)54)53-22-28(42)18-29(45)23-53/h2-4,13,16-17,19,24-26,28-30,32,38H,5-12,14-15,18,20-23,45H2,1H3,(H,47,58)(H,49,56,57)/t25?,28-,29-,30?,32?/m1/s1. The molecule has 0 spiro atoms. The van der Waals surface area contributed by atoms with Gasteiger partial charge in [-0.2, -0.15) is 10.2 Å². The van der Waals surface area contributed by atoms with E-state index in [2.05, 4.69) is 54.8 Å². The Morgan fingerprint density at radius 3 is 2.59 bits per heavy atom. The van der Waals surface area contributed by atoms with Crippen molar-refractivity contribution in [2.45, 2.75) is 88.4 Å². The molecule has 14 nitrogen and oxygen atoms in total. The minimum Gasteiger partial charge on any atom is -0.374 e. The van der Waals surface area contributed by atoms with Crippen LogP contribution in [0.2, 0.25) is 0 Å². The maximum atomic E-state index is 14.3. The van der Waals surface area contributed by atoms with Gasteiger partial charge >= 0.3 is 0 Å². The predicted octanol–water partition coefficient (Wildman–Crippen LogP) is 5.09. The summed E-state index contributed by atoms with van der Waals surface area (Å²) in [5, 5.41) is 13.6. The number of nitrogens with zero attached hydrogens (tertiary/aromatic N) is 8. The number of nitrogens with two attached hydrogens (primary N) is 1. The number of carbonyl (C=O) groups excluding carboxylic acids is 3. The number of rotatable bonds is 11. The second kappa shape index (κ2) is 17.1. The van der Waals surface area contributed by atoms with Crippen LogP contribution < -0.4 is 26.2 Å². The first-order valence-corrected chi connectivity index (χ1v) is 20.5. The minimum absolute atomic E-state index is 0.0459. The lowest BCUT2D eigenvalue weighted by Crippen LogP contribution is -2.48. The number of likely N-dealkylation sites (tertiary alicyclic amines) is 1. The second-order valence-electron chi connectivity index (χ2n) is 16.7. The monoisotopic (exact) mass is 803 g/mol. The van der Waals surface area contributed by atoms with Crippen LogP contribution in [0.5, 0.6) is 0 Å². The Hall–Kier alpha value is -5.03. The zero-order valence-corrected chi connectivity index (χ0v) is 32.8. The van der Waals surface area contributed by atoms with Gasteiger partial charge in [0.2, 0.25) is 11.8 Å². The number of amides is 3. The smallest absolute Gasteiger partial charge is 0.284 e. The van der Waals surface area contributed by atoms with E-state index < -0.39 is 24.2 Å². The Morgan fingerprint density at radius 2 is 1.84 bits per heavy atom. The molecule has 4 N–H and O–H groups in total. The Labute approximate surface area is 335 Å². The molecule has 1 saturated carbocycles. The van der Waals surface area contributed by atoms with E-state index in [-0.39, 0.29) is 59.7 Å². The predicted molar refractivity (Wildman–Crippen MR) is 213 cm³/mol. The summed E-state index contributed by atoms with van der Waals surface area (Å²) < 4.78 is 45.8. The third-order valence-corrected chi connectivity index (χ3v) is 12.5. The number of carbonyl (C=O) groups is 3. The van der Waals surface area contributed by atoms with Crippen molar-refractivity contribution < 1.29 is 27.6 Å². The Bertz CT molecular complexity index is 2100. The van der Waals surface area contributed by atoms with Gasteiger partial charge in [0.1, 0.15) is 17.6 Å². The molecular weight excluding hydrogens is 752 g/mol. The number of anilines is 3. The fourth-order valence-corrected chi connectivity index (χ4v) is 9.29. The molecule has 3 atom stereocenters. The number of alkyl halides is 3. The Morgan fingerprint density at radius 1 is 1.05 bits per heavy atom. The molecule has 58 heavy (non-hydrogen) atoms. The highest BCUT2D eigenvalue weighted by Gasteiger charge is 2.32. The topological polar surface area (TPSA) is 159 Å². The average Bonchev–Trinajstić information content (AvgIpc) is 3.83. The number of hydrogen-bond donors (Lipinski definition) is 3. The molecule has 310 valence electrons. The lowest BCUT2D eigenvalue weighted by Gasteiger charge is -2.38. The normalized spacial score (nSPS) is 25.0. The van der Waals surface area contributed by atoms with Gasteiger partial charge in [0.05, 0.1) is 30.4 Å². The van der Waals surface area contributed by atoms with Crippen LogP contribution >= 0.6 is 0 Å². The zero-order chi connectivity index (χ0) is 40.5. The fourth-order valence-electron chi connectivity index (χ4n) is 9.29. The summed E-state index contributed by atoms with van der Waals surface area (Å²) in [6, 6.07) is 9.39. The molecule has 3 aromatic heterocycles. The summed E-state index contributed by atoms with van der Waals surface area (Å²) in [5.74, 6) is 0.161. The molecule has 17 heteroatoms. The third-order valence-electron chi connectivity index (χ3n) is 12.5. The van der Waals surface area contributed by atoms with Crippen LogP contribution in [0, 0.1) is 11.8 Å². The second-order valence-corrected chi connectivity index (χ2v) is 16.7. The molecule has 3 saturated heterocycles. The zero-order valence-electron chi connectivity index (χ0n) is 32.8. The van der Waals surface area contributed by atoms with Crippen molar-refractivity contribution in [3.05, 3.63) is 65.7 Å². The highest BCUT2D eigenvalue weighted by molar-refractivity contribution is 6.08. The number of imide groups is 1. The van der Waals surface area contributed by atoms with Crippen LogP contribution in [0.15, 0.2) is 48.9 Å². The van der Waals surface area contributed by atoms with Gasteiger partial charge in [-0.15, -0.1) is 0 Å². The number of piperidine rings is 3. The molecule has 4 aliphatic rings. The average molecular weight is 804 g/mol. The van der Waals surface area contributed by atoms with Gasteiger partial charge in [0.15, 0.2) is 11.3 Å². The first-order chi connectivity index (χ1) is 28.0. The van der Waals surface area contributed by atoms with E-state index in [0.717, 1.165) is 76.0 Å². The number of nitrogens with one attached hydrogen (secondary N) is 2. The molecule has 4 aromatic rings. The molecule has 8 rings (SSSR count). The van der Waals surface area contributed by atoms with Crippen molar-refractivity contribution in [2.75, 3.05) is 61.4 Å². The van der Waals surface area contributed by atoms with Crippen LogP contribution in [-0.4, -0.2) is 106 Å². The molecule has 1 unspecified atom stereocenters. The van der Waals surface area contributed by atoms with Gasteiger partial charge in [-0.25, -0.2) is 22.7 Å². The SMILES string of the molecule is CN(CC1CCN(CC2CCC(n3cc(NC(=O)c4cnn5ccc(N6C[C@H](N)C[C@@H](F)C6)nc45)c(C(F)F)n3)CC2)CC1)c1cccc(C2CCC(=O)NC2=O)c1. The molecule has 6 heterocycles. The molecule has 4 fully saturated rings. The van der Waals surface area contributed by atoms with Crippen LogP contribution in [-0.2, 0) is 9.59 Å². The summed E-state index contributed by atoms with van der Waals surface area (Å²) in [7, 11) is 2.10. The quantitative estimate of drug-likeness (QED) is 0.175. The summed E-state index contributed by atoms with van der Waals surface area (Å²) >= 11 is 0. The molecule has 3 amide bonds. The van der Waals surface area contributed by atoms with Crippen molar-refractivity contribution in [2.24, 2.45) is 17.6 Å². The minimum atomic E-state index is -2.89. The Kier molecular flexibility index (Phi) is 11.7. The van der Waals surface area contributed by atoms with Crippen LogP contribution in [0.1, 0.15) is 97.8 Å². The van der Waals surface area contributed by atoms with Crippen LogP contribution in [0.3, 0.4) is 0 Å². The largest absolute Gasteiger partial charge is 0.374 e. The van der Waals surface area contributed by atoms with E-state index in [1.807, 2.05) is 12.1 Å². The van der Waals surface area contributed by atoms with Gasteiger partial charge in [0, 0.05) is 57.2 Å². The number of fused-ring (bicyclic) bond motifs is 1. The lowest BCUT2D eigenvalue weighted by atomic mass is 9.85. The van der Waals surface area contributed by atoms with Crippen molar-refractivity contribution >= 4 is 40.6 Å². The van der Waals surface area contributed by atoms with Crippen molar-refractivity contribution in [3.63, 3.8) is 0 Å². The molecular formula is C41H52F3N11O3. The van der Waals surface area contributed by atoms with Crippen molar-refractivity contribution in [1.29, 1.82) is 0 Å². The first kappa shape index (κ1) is 39.8. The summed E-state index contributed by atoms with van der Waals surface area (Å²) in [4.78, 5) is 48.7. The van der Waals surface area contributed by atoms with E-state index in [1.165, 1.54) is 16.9 Å². The van der Waals surface area contributed by atoms with E-state index in [9.17, 15) is 27.6 Å². The molecule has 0 bridgehead atoms. The highest BCUT2D eigenvalue weighted by Crippen LogP contribution is 2.36. The van der Waals surface area contributed by atoms with Crippen molar-refractivity contribution in [3.8, 4) is 0 Å². The van der Waals surface area contributed by atoms with Gasteiger partial charge in [0.25, 0.3) is 12.3 Å². The molecule has 1 aromatic carbocycles. The lowest BCUT2D eigenvalue weighted by molar-refractivity contribution is -0.134. The first-order valence-electron chi connectivity index (χ1n) is 20.5. The van der Waals surface area contributed by atoms with E-state index in [1.54, 1.807) is 21.8 Å². The third kappa shape index (κ3) is 8.84. The Balaban J connectivity index is 0.820. The molecule has 1 aliphatic carbocycles. The van der Waals surface area contributed by atoms with Gasteiger partial charge in [-0.1, -0.05) is 12.1 Å². The van der Waals surface area contributed by atoms with E-state index >= 15 is 0 Å². The van der Waals surface area contributed by atoms with E-state index in [4.69, 9.17) is 5.73 Å². The fraction of sp³-hybridized carbons (Fsp3) is 0.561. The van der Waals surface area contributed by atoms with Gasteiger partial charge in [-0.3, -0.25) is 24.4 Å². The molecule has 3 aliphatic heterocycles. The van der Waals surface area contributed by atoms with E-state index in [0.29, 0.717) is 37.0 Å². The number of aromatic nitrogens is 5. The summed E-state index contributed by atoms with van der Waals surface area (Å²) in [5.41, 5.74) is 7.84. The number of benzene rings is 1. The number of hydrogen-bond acceptors (Lipinski definition) is 10. The van der Waals surface area contributed by atoms with Gasteiger partial charge < -0.3 is 25.8 Å². The highest BCUT2D eigenvalue weighted by atomic mass is 19.3.